The molecule has 0 aliphatic carbocycles. The highest BCUT2D eigenvalue weighted by molar-refractivity contribution is 6.32. The van der Waals surface area contributed by atoms with E-state index in [4.69, 9.17) is 16.3 Å². The molecule has 2 rings (SSSR count). The minimum Gasteiger partial charge on any atom is -0.495 e. The van der Waals surface area contributed by atoms with E-state index < -0.39 is 17.4 Å². The van der Waals surface area contributed by atoms with Crippen LogP contribution >= 0.6 is 11.6 Å². The smallest absolute Gasteiger partial charge is 0.193 e. The van der Waals surface area contributed by atoms with Gasteiger partial charge in [0.25, 0.3) is 0 Å². The number of benzene rings is 2. The molecule has 0 atom stereocenters. The first-order valence-corrected chi connectivity index (χ1v) is 5.74. The zero-order chi connectivity index (χ0) is 14.0. The van der Waals surface area contributed by atoms with Gasteiger partial charge in [0, 0.05) is 11.1 Å². The molecule has 2 aromatic rings. The second kappa shape index (κ2) is 5.36. The summed E-state index contributed by atoms with van der Waals surface area (Å²) >= 11 is 5.91. The Morgan fingerprint density at radius 1 is 1.05 bits per heavy atom. The molecule has 0 heterocycles. The molecule has 0 aromatic heterocycles. The maximum Gasteiger partial charge on any atom is 0.193 e. The third kappa shape index (κ3) is 2.74. The van der Waals surface area contributed by atoms with Gasteiger partial charge in [0.05, 0.1) is 12.1 Å². The monoisotopic (exact) mass is 282 g/mol. The summed E-state index contributed by atoms with van der Waals surface area (Å²) in [5, 5.41) is 0.274. The molecule has 0 unspecified atom stereocenters. The van der Waals surface area contributed by atoms with Gasteiger partial charge in [-0.25, -0.2) is 8.78 Å². The third-order valence-corrected chi connectivity index (χ3v) is 2.89. The first-order valence-electron chi connectivity index (χ1n) is 5.36. The van der Waals surface area contributed by atoms with Crippen molar-refractivity contribution in [2.24, 2.45) is 0 Å². The quantitative estimate of drug-likeness (QED) is 0.799. The predicted molar refractivity (Wildman–Crippen MR) is 67.8 cm³/mol. The topological polar surface area (TPSA) is 26.3 Å². The number of hydrogen-bond donors (Lipinski definition) is 0. The minimum absolute atomic E-state index is 0.0557. The molecule has 0 fully saturated rings. The van der Waals surface area contributed by atoms with Crippen LogP contribution < -0.4 is 4.74 Å². The van der Waals surface area contributed by atoms with E-state index in [1.807, 2.05) is 0 Å². The van der Waals surface area contributed by atoms with Gasteiger partial charge in [-0.1, -0.05) is 11.6 Å². The zero-order valence-corrected chi connectivity index (χ0v) is 10.7. The molecule has 19 heavy (non-hydrogen) atoms. The first-order chi connectivity index (χ1) is 9.02. The molecule has 0 saturated heterocycles. The molecule has 0 amide bonds. The van der Waals surface area contributed by atoms with E-state index in [1.54, 1.807) is 0 Å². The second-order valence-corrected chi connectivity index (χ2v) is 4.21. The number of ketones is 1. The largest absolute Gasteiger partial charge is 0.495 e. The molecule has 5 heteroatoms. The van der Waals surface area contributed by atoms with E-state index in [2.05, 4.69) is 0 Å². The van der Waals surface area contributed by atoms with Gasteiger partial charge in [0.1, 0.15) is 5.75 Å². The fourth-order valence-corrected chi connectivity index (χ4v) is 1.87. The number of ether oxygens (including phenoxy) is 1. The fourth-order valence-electron chi connectivity index (χ4n) is 1.61. The summed E-state index contributed by atoms with van der Waals surface area (Å²) < 4.78 is 30.9. The summed E-state index contributed by atoms with van der Waals surface area (Å²) in [6.07, 6.45) is 0. The highest BCUT2D eigenvalue weighted by atomic mass is 35.5. The summed E-state index contributed by atoms with van der Waals surface area (Å²) in [6, 6.07) is 7.45. The molecule has 0 bridgehead atoms. The van der Waals surface area contributed by atoms with Crippen LogP contribution in [0.1, 0.15) is 15.9 Å². The SMILES string of the molecule is COc1ccc(C(=O)c2ccc(F)c(F)c2)cc1Cl. The van der Waals surface area contributed by atoms with Crippen molar-refractivity contribution in [3.8, 4) is 5.75 Å². The molecular weight excluding hydrogens is 274 g/mol. The molecule has 0 aliphatic rings. The Hall–Kier alpha value is -1.94. The van der Waals surface area contributed by atoms with Gasteiger partial charge in [-0.2, -0.15) is 0 Å². The highest BCUT2D eigenvalue weighted by Gasteiger charge is 2.13. The van der Waals surface area contributed by atoms with Gasteiger partial charge in [0.15, 0.2) is 17.4 Å². The van der Waals surface area contributed by atoms with Gasteiger partial charge in [0.2, 0.25) is 0 Å². The number of halogens is 3. The number of methoxy groups -OCH3 is 1. The molecule has 98 valence electrons. The van der Waals surface area contributed by atoms with Gasteiger partial charge in [-0.15, -0.1) is 0 Å². The average Bonchev–Trinajstić information content (AvgIpc) is 2.41. The van der Waals surface area contributed by atoms with Crippen molar-refractivity contribution in [3.05, 3.63) is 64.2 Å². The Bertz CT molecular complexity index is 641. The van der Waals surface area contributed by atoms with Crippen LogP contribution in [0.3, 0.4) is 0 Å². The van der Waals surface area contributed by atoms with E-state index in [0.717, 1.165) is 12.1 Å². The van der Waals surface area contributed by atoms with Crippen LogP contribution in [0.2, 0.25) is 5.02 Å². The lowest BCUT2D eigenvalue weighted by Gasteiger charge is -2.06. The van der Waals surface area contributed by atoms with E-state index in [-0.39, 0.29) is 16.1 Å². The summed E-state index contributed by atoms with van der Waals surface area (Å²) in [5.74, 6) is -2.07. The van der Waals surface area contributed by atoms with Crippen molar-refractivity contribution in [2.75, 3.05) is 7.11 Å². The molecule has 0 N–H and O–H groups in total. The molecule has 0 aliphatic heterocycles. The standard InChI is InChI=1S/C14H9ClF2O2/c1-19-13-5-3-8(6-10(13)15)14(18)9-2-4-11(16)12(17)7-9/h2-7H,1H3. The van der Waals surface area contributed by atoms with Gasteiger partial charge < -0.3 is 4.74 Å². The van der Waals surface area contributed by atoms with Crippen LogP contribution in [-0.2, 0) is 0 Å². The van der Waals surface area contributed by atoms with E-state index >= 15 is 0 Å². The summed E-state index contributed by atoms with van der Waals surface area (Å²) in [4.78, 5) is 12.1. The van der Waals surface area contributed by atoms with Gasteiger partial charge in [-0.05, 0) is 36.4 Å². The van der Waals surface area contributed by atoms with Crippen molar-refractivity contribution >= 4 is 17.4 Å². The van der Waals surface area contributed by atoms with Crippen molar-refractivity contribution in [3.63, 3.8) is 0 Å². The lowest BCUT2D eigenvalue weighted by molar-refractivity contribution is 0.103. The van der Waals surface area contributed by atoms with Crippen LogP contribution in [0.5, 0.6) is 5.75 Å². The maximum absolute atomic E-state index is 13.1. The second-order valence-electron chi connectivity index (χ2n) is 3.81. The van der Waals surface area contributed by atoms with E-state index in [9.17, 15) is 13.6 Å². The highest BCUT2D eigenvalue weighted by Crippen LogP contribution is 2.26. The Balaban J connectivity index is 2.38. The van der Waals surface area contributed by atoms with E-state index in [1.165, 1.54) is 31.4 Å². The van der Waals surface area contributed by atoms with Gasteiger partial charge in [-0.3, -0.25) is 4.79 Å². The van der Waals surface area contributed by atoms with Gasteiger partial charge >= 0.3 is 0 Å². The fraction of sp³-hybridized carbons (Fsp3) is 0.0714. The molecule has 2 nitrogen and oxygen atoms in total. The Morgan fingerprint density at radius 3 is 2.26 bits per heavy atom. The first kappa shape index (κ1) is 13.5. The van der Waals surface area contributed by atoms with Crippen molar-refractivity contribution < 1.29 is 18.3 Å². The number of rotatable bonds is 3. The molecular formula is C14H9ClF2O2. The molecule has 0 spiro atoms. The van der Waals surface area contributed by atoms with E-state index in [0.29, 0.717) is 5.75 Å². The third-order valence-electron chi connectivity index (χ3n) is 2.60. The number of carbonyl (C=O) groups is 1. The lowest BCUT2D eigenvalue weighted by Crippen LogP contribution is -2.03. The van der Waals surface area contributed by atoms with Crippen molar-refractivity contribution in [2.45, 2.75) is 0 Å². The Morgan fingerprint density at radius 2 is 1.68 bits per heavy atom. The zero-order valence-electron chi connectivity index (χ0n) is 9.91. The van der Waals surface area contributed by atoms with Crippen LogP contribution in [0.4, 0.5) is 8.78 Å². The molecule has 2 aromatic carbocycles. The molecule has 0 saturated carbocycles. The Kier molecular flexibility index (Phi) is 3.81. The summed E-state index contributed by atoms with van der Waals surface area (Å²) in [7, 11) is 1.46. The van der Waals surface area contributed by atoms with Crippen LogP contribution in [0, 0.1) is 11.6 Å². The number of hydrogen-bond acceptors (Lipinski definition) is 2. The minimum atomic E-state index is -1.06. The van der Waals surface area contributed by atoms with Crippen LogP contribution in [0.15, 0.2) is 36.4 Å². The van der Waals surface area contributed by atoms with Crippen molar-refractivity contribution in [1.82, 2.24) is 0 Å². The van der Waals surface area contributed by atoms with Crippen molar-refractivity contribution in [1.29, 1.82) is 0 Å². The number of carbonyl (C=O) groups excluding carboxylic acids is 1. The van der Waals surface area contributed by atoms with Crippen LogP contribution in [-0.4, -0.2) is 12.9 Å². The predicted octanol–water partition coefficient (Wildman–Crippen LogP) is 3.86. The maximum atomic E-state index is 13.1. The van der Waals surface area contributed by atoms with Crippen LogP contribution in [0.25, 0.3) is 0 Å². The Labute approximate surface area is 113 Å². The lowest BCUT2D eigenvalue weighted by atomic mass is 10.0. The molecule has 0 radical (unpaired) electrons. The average molecular weight is 283 g/mol. The summed E-state index contributed by atoms with van der Waals surface area (Å²) in [5.41, 5.74) is 0.331. The summed E-state index contributed by atoms with van der Waals surface area (Å²) in [6.45, 7) is 0. The normalized spacial score (nSPS) is 10.3.